The van der Waals surface area contributed by atoms with Crippen molar-refractivity contribution >= 4 is 23.0 Å². The van der Waals surface area contributed by atoms with Gasteiger partial charge in [-0.1, -0.05) is 6.07 Å². The first-order chi connectivity index (χ1) is 11.0. The van der Waals surface area contributed by atoms with Gasteiger partial charge in [-0.15, -0.1) is 0 Å². The second-order valence-electron chi connectivity index (χ2n) is 5.10. The molecule has 0 radical (unpaired) electrons. The first-order valence-corrected chi connectivity index (χ1v) is 7.08. The van der Waals surface area contributed by atoms with E-state index in [2.05, 4.69) is 20.6 Å². The topological polar surface area (TPSA) is 102 Å². The highest BCUT2D eigenvalue weighted by Gasteiger charge is 2.23. The molecule has 2 rings (SSSR count). The van der Waals surface area contributed by atoms with Crippen LogP contribution < -0.4 is 10.6 Å². The third-order valence-corrected chi connectivity index (χ3v) is 3.09. The minimum absolute atomic E-state index is 0.148. The van der Waals surface area contributed by atoms with Crippen LogP contribution in [-0.4, -0.2) is 35.2 Å². The first kappa shape index (κ1) is 16.6. The lowest BCUT2D eigenvalue weighted by Crippen LogP contribution is -2.12. The Morgan fingerprint density at radius 2 is 1.83 bits per heavy atom. The number of aryl methyl sites for hydroxylation is 2. The summed E-state index contributed by atoms with van der Waals surface area (Å²) in [6.07, 6.45) is 1.28. The normalized spacial score (nSPS) is 10.4. The van der Waals surface area contributed by atoms with Crippen molar-refractivity contribution in [3.8, 4) is 0 Å². The standard InChI is InChI=1S/C15H19N5O3/c1-10-6-11(2)8-12(7-10)19-15-13(20(21)22)14(17-9-18-15)16-4-5-23-3/h6-9H,4-5H2,1-3H3,(H2,16,17,18,19). The Labute approximate surface area is 134 Å². The predicted octanol–water partition coefficient (Wildman–Crippen LogP) is 2.80. The second kappa shape index (κ2) is 7.50. The third kappa shape index (κ3) is 4.36. The molecule has 0 fully saturated rings. The summed E-state index contributed by atoms with van der Waals surface area (Å²) in [4.78, 5) is 18.9. The number of aromatic nitrogens is 2. The van der Waals surface area contributed by atoms with Crippen molar-refractivity contribution in [3.63, 3.8) is 0 Å². The molecule has 0 atom stereocenters. The Balaban J connectivity index is 2.33. The number of anilines is 3. The Morgan fingerprint density at radius 3 is 2.43 bits per heavy atom. The van der Waals surface area contributed by atoms with E-state index in [-0.39, 0.29) is 17.3 Å². The quantitative estimate of drug-likeness (QED) is 0.460. The van der Waals surface area contributed by atoms with Crippen molar-refractivity contribution in [1.82, 2.24) is 9.97 Å². The Bertz CT molecular complexity index is 685. The molecule has 0 saturated heterocycles. The number of hydrogen-bond acceptors (Lipinski definition) is 7. The van der Waals surface area contributed by atoms with Crippen LogP contribution in [0.2, 0.25) is 0 Å². The smallest absolute Gasteiger partial charge is 0.353 e. The van der Waals surface area contributed by atoms with Crippen LogP contribution in [0.25, 0.3) is 0 Å². The first-order valence-electron chi connectivity index (χ1n) is 7.08. The fraction of sp³-hybridized carbons (Fsp3) is 0.333. The molecule has 1 aromatic carbocycles. The number of methoxy groups -OCH3 is 1. The van der Waals surface area contributed by atoms with E-state index < -0.39 is 4.92 Å². The lowest BCUT2D eigenvalue weighted by molar-refractivity contribution is -0.383. The summed E-state index contributed by atoms with van der Waals surface area (Å²) >= 11 is 0. The molecule has 1 heterocycles. The van der Waals surface area contributed by atoms with Gasteiger partial charge in [0, 0.05) is 19.3 Å². The Hall–Kier alpha value is -2.74. The number of rotatable bonds is 7. The maximum absolute atomic E-state index is 11.4. The van der Waals surface area contributed by atoms with Crippen LogP contribution in [0.4, 0.5) is 23.0 Å². The molecule has 0 bridgehead atoms. The number of nitrogens with zero attached hydrogens (tertiary/aromatic N) is 3. The average Bonchev–Trinajstić information content (AvgIpc) is 2.46. The molecule has 0 aliphatic heterocycles. The van der Waals surface area contributed by atoms with Crippen LogP contribution >= 0.6 is 0 Å². The number of benzene rings is 1. The molecule has 122 valence electrons. The lowest BCUT2D eigenvalue weighted by atomic mass is 10.1. The molecule has 2 N–H and O–H groups in total. The van der Waals surface area contributed by atoms with Crippen molar-refractivity contribution in [3.05, 3.63) is 45.8 Å². The molecule has 0 spiro atoms. The maximum Gasteiger partial charge on any atom is 0.353 e. The SMILES string of the molecule is COCCNc1ncnc(Nc2cc(C)cc(C)c2)c1[N+](=O)[O-]. The van der Waals surface area contributed by atoms with Gasteiger partial charge in [0.15, 0.2) is 0 Å². The van der Waals surface area contributed by atoms with Crippen molar-refractivity contribution in [1.29, 1.82) is 0 Å². The predicted molar refractivity (Wildman–Crippen MR) is 88.3 cm³/mol. The summed E-state index contributed by atoms with van der Waals surface area (Å²) in [6, 6.07) is 5.82. The monoisotopic (exact) mass is 317 g/mol. The van der Waals surface area contributed by atoms with Crippen LogP contribution in [0.3, 0.4) is 0 Å². The summed E-state index contributed by atoms with van der Waals surface area (Å²) in [5.41, 5.74) is 2.67. The number of nitrogens with one attached hydrogen (secondary N) is 2. The van der Waals surface area contributed by atoms with E-state index >= 15 is 0 Å². The van der Waals surface area contributed by atoms with Gasteiger partial charge in [0.2, 0.25) is 11.6 Å². The molecule has 8 nitrogen and oxygen atoms in total. The van der Waals surface area contributed by atoms with E-state index in [1.165, 1.54) is 6.33 Å². The van der Waals surface area contributed by atoms with Gasteiger partial charge in [0.1, 0.15) is 6.33 Å². The van der Waals surface area contributed by atoms with Crippen LogP contribution in [0, 0.1) is 24.0 Å². The number of nitro groups is 1. The molecule has 2 aromatic rings. The van der Waals surface area contributed by atoms with Gasteiger partial charge in [0.05, 0.1) is 11.5 Å². The van der Waals surface area contributed by atoms with Gasteiger partial charge in [-0.05, 0) is 37.1 Å². The molecule has 0 aliphatic carbocycles. The Morgan fingerprint density at radius 1 is 1.17 bits per heavy atom. The van der Waals surface area contributed by atoms with E-state index in [4.69, 9.17) is 4.74 Å². The fourth-order valence-corrected chi connectivity index (χ4v) is 2.23. The zero-order valence-electron chi connectivity index (χ0n) is 13.3. The largest absolute Gasteiger partial charge is 0.383 e. The lowest BCUT2D eigenvalue weighted by Gasteiger charge is -2.11. The van der Waals surface area contributed by atoms with Gasteiger partial charge in [-0.2, -0.15) is 0 Å². The van der Waals surface area contributed by atoms with Crippen molar-refractivity contribution in [2.24, 2.45) is 0 Å². The minimum atomic E-state index is -0.500. The highest BCUT2D eigenvalue weighted by atomic mass is 16.6. The molecule has 1 aromatic heterocycles. The molecule has 0 unspecified atom stereocenters. The van der Waals surface area contributed by atoms with Crippen LogP contribution in [-0.2, 0) is 4.74 Å². The molecule has 8 heteroatoms. The van der Waals surface area contributed by atoms with Gasteiger partial charge in [-0.3, -0.25) is 10.1 Å². The highest BCUT2D eigenvalue weighted by Crippen LogP contribution is 2.31. The van der Waals surface area contributed by atoms with Crippen LogP contribution in [0.15, 0.2) is 24.5 Å². The number of hydrogen-bond donors (Lipinski definition) is 2. The molecular formula is C15H19N5O3. The Kier molecular flexibility index (Phi) is 5.42. The molecule has 0 saturated carbocycles. The molecule has 0 aliphatic rings. The van der Waals surface area contributed by atoms with Gasteiger partial charge < -0.3 is 15.4 Å². The third-order valence-electron chi connectivity index (χ3n) is 3.09. The molecular weight excluding hydrogens is 298 g/mol. The zero-order chi connectivity index (χ0) is 16.8. The highest BCUT2D eigenvalue weighted by molar-refractivity contribution is 5.74. The van der Waals surface area contributed by atoms with E-state index in [1.54, 1.807) is 7.11 Å². The zero-order valence-corrected chi connectivity index (χ0v) is 13.3. The van der Waals surface area contributed by atoms with Crippen molar-refractivity contribution < 1.29 is 9.66 Å². The van der Waals surface area contributed by atoms with E-state index in [1.807, 2.05) is 32.0 Å². The number of ether oxygens (including phenoxy) is 1. The summed E-state index contributed by atoms with van der Waals surface area (Å²) < 4.78 is 4.92. The maximum atomic E-state index is 11.4. The molecule has 23 heavy (non-hydrogen) atoms. The summed E-state index contributed by atoms with van der Waals surface area (Å²) in [5.74, 6) is 0.309. The van der Waals surface area contributed by atoms with Gasteiger partial charge >= 0.3 is 5.69 Å². The summed E-state index contributed by atoms with van der Waals surface area (Å²) in [5, 5.41) is 17.3. The van der Waals surface area contributed by atoms with Gasteiger partial charge in [0.25, 0.3) is 0 Å². The average molecular weight is 317 g/mol. The fourth-order valence-electron chi connectivity index (χ4n) is 2.23. The van der Waals surface area contributed by atoms with Crippen LogP contribution in [0.5, 0.6) is 0 Å². The van der Waals surface area contributed by atoms with E-state index in [0.29, 0.717) is 13.2 Å². The van der Waals surface area contributed by atoms with Gasteiger partial charge in [-0.25, -0.2) is 9.97 Å². The van der Waals surface area contributed by atoms with Crippen molar-refractivity contribution in [2.75, 3.05) is 30.9 Å². The van der Waals surface area contributed by atoms with Crippen molar-refractivity contribution in [2.45, 2.75) is 13.8 Å². The molecule has 0 amide bonds. The second-order valence-corrected chi connectivity index (χ2v) is 5.10. The minimum Gasteiger partial charge on any atom is -0.383 e. The van der Waals surface area contributed by atoms with Crippen LogP contribution in [0.1, 0.15) is 11.1 Å². The summed E-state index contributed by atoms with van der Waals surface area (Å²) in [7, 11) is 1.56. The van der Waals surface area contributed by atoms with E-state index in [9.17, 15) is 10.1 Å². The van der Waals surface area contributed by atoms with E-state index in [0.717, 1.165) is 16.8 Å². The summed E-state index contributed by atoms with van der Waals surface area (Å²) in [6.45, 7) is 4.76.